The number of fused-ring (bicyclic) bond motifs is 2. The molecule has 0 fully saturated rings. The zero-order valence-corrected chi connectivity index (χ0v) is 31.9. The molecule has 282 valence electrons. The van der Waals surface area contributed by atoms with E-state index in [1.807, 2.05) is 48.6 Å². The highest BCUT2D eigenvalue weighted by Gasteiger charge is 2.16. The smallest absolute Gasteiger partial charge is 0.343 e. The van der Waals surface area contributed by atoms with E-state index in [-0.39, 0.29) is 0 Å². The Morgan fingerprint density at radius 3 is 1.22 bits per heavy atom. The van der Waals surface area contributed by atoms with E-state index in [0.717, 1.165) is 54.9 Å². The Bertz CT molecular complexity index is 2640. The molecule has 6 nitrogen and oxygen atoms in total. The largest absolute Gasteiger partial charge is 0.497 e. The molecule has 58 heavy (non-hydrogen) atoms. The minimum absolute atomic E-state index is 0.434. The number of hydrogen-bond donors (Lipinski definition) is 0. The number of ether oxygens (including phenoxy) is 4. The van der Waals surface area contributed by atoms with Gasteiger partial charge in [0.15, 0.2) is 0 Å². The van der Waals surface area contributed by atoms with Gasteiger partial charge in [-0.3, -0.25) is 0 Å². The van der Waals surface area contributed by atoms with E-state index in [0.29, 0.717) is 34.1 Å². The summed E-state index contributed by atoms with van der Waals surface area (Å²) in [5, 5.41) is 4.48. The SMILES string of the molecule is COc1ccc(C(=O)Oc2cccc(/C=C\c3ccc4ccccc4c3-c3c(/C=C\c4cccc(OC(=O)c5ccc(OC)cc5)c4)ccc4ccccc34)c2)cc1. The first-order valence-electron chi connectivity index (χ1n) is 18.8. The summed E-state index contributed by atoms with van der Waals surface area (Å²) in [5.74, 6) is 1.33. The Kier molecular flexibility index (Phi) is 10.9. The molecule has 0 aliphatic heterocycles. The fourth-order valence-electron chi connectivity index (χ4n) is 6.93. The van der Waals surface area contributed by atoms with Crippen molar-refractivity contribution in [3.05, 3.63) is 203 Å². The first kappa shape index (κ1) is 37.2. The predicted molar refractivity (Wildman–Crippen MR) is 234 cm³/mol. The van der Waals surface area contributed by atoms with Crippen LogP contribution < -0.4 is 18.9 Å². The maximum Gasteiger partial charge on any atom is 0.343 e. The van der Waals surface area contributed by atoms with Crippen LogP contribution in [0.3, 0.4) is 0 Å². The van der Waals surface area contributed by atoms with Crippen LogP contribution >= 0.6 is 0 Å². The Balaban J connectivity index is 1.14. The van der Waals surface area contributed by atoms with Crippen molar-refractivity contribution >= 4 is 57.8 Å². The van der Waals surface area contributed by atoms with Crippen LogP contribution in [-0.2, 0) is 0 Å². The lowest BCUT2D eigenvalue weighted by molar-refractivity contribution is 0.0725. The summed E-state index contributed by atoms with van der Waals surface area (Å²) in [6, 6.07) is 54.1. The van der Waals surface area contributed by atoms with Crippen molar-refractivity contribution in [2.45, 2.75) is 0 Å². The van der Waals surface area contributed by atoms with Gasteiger partial charge in [-0.25, -0.2) is 9.59 Å². The Morgan fingerprint density at radius 1 is 0.397 bits per heavy atom. The summed E-state index contributed by atoms with van der Waals surface area (Å²) in [6.45, 7) is 0. The fraction of sp³-hybridized carbons (Fsp3) is 0.0385. The molecule has 0 radical (unpaired) electrons. The van der Waals surface area contributed by atoms with Crippen LogP contribution in [0.4, 0.5) is 0 Å². The third-order valence-corrected chi connectivity index (χ3v) is 9.87. The van der Waals surface area contributed by atoms with Crippen molar-refractivity contribution in [2.75, 3.05) is 14.2 Å². The molecule has 0 aromatic heterocycles. The zero-order chi connectivity index (χ0) is 39.8. The van der Waals surface area contributed by atoms with Crippen molar-refractivity contribution in [3.8, 4) is 34.1 Å². The second-order valence-corrected chi connectivity index (χ2v) is 13.5. The molecule has 0 amide bonds. The zero-order valence-electron chi connectivity index (χ0n) is 31.9. The van der Waals surface area contributed by atoms with Gasteiger partial charge in [-0.15, -0.1) is 0 Å². The average Bonchev–Trinajstić information content (AvgIpc) is 3.27. The topological polar surface area (TPSA) is 71.1 Å². The molecule has 0 aliphatic rings. The molecule has 6 heteroatoms. The van der Waals surface area contributed by atoms with Gasteiger partial charge in [0.1, 0.15) is 23.0 Å². The van der Waals surface area contributed by atoms with Gasteiger partial charge < -0.3 is 18.9 Å². The van der Waals surface area contributed by atoms with Gasteiger partial charge >= 0.3 is 11.9 Å². The number of methoxy groups -OCH3 is 2. The van der Waals surface area contributed by atoms with E-state index in [1.165, 1.54) is 0 Å². The van der Waals surface area contributed by atoms with E-state index < -0.39 is 11.9 Å². The second kappa shape index (κ2) is 17.0. The Hall–Kier alpha value is -7.70. The third kappa shape index (κ3) is 8.27. The number of carbonyl (C=O) groups excluding carboxylic acids is 2. The van der Waals surface area contributed by atoms with Crippen LogP contribution in [0.1, 0.15) is 43.0 Å². The monoisotopic (exact) mass is 758 g/mol. The van der Waals surface area contributed by atoms with E-state index in [4.69, 9.17) is 18.9 Å². The normalized spacial score (nSPS) is 11.3. The van der Waals surface area contributed by atoms with Gasteiger partial charge in [0, 0.05) is 0 Å². The number of benzene rings is 8. The van der Waals surface area contributed by atoms with Gasteiger partial charge in [-0.1, -0.05) is 121 Å². The van der Waals surface area contributed by atoms with Crippen LogP contribution in [-0.4, -0.2) is 26.2 Å². The molecule has 8 aromatic rings. The minimum Gasteiger partial charge on any atom is -0.497 e. The summed E-state index contributed by atoms with van der Waals surface area (Å²) >= 11 is 0. The highest BCUT2D eigenvalue weighted by Crippen LogP contribution is 2.41. The molecule has 8 rings (SSSR count). The molecule has 0 N–H and O–H groups in total. The standard InChI is InChI=1S/C52H38O6/c1-55-43-29-25-41(26-30-43)51(53)57-45-13-7-9-35(33-45)17-19-39-23-21-37-11-3-5-15-47(37)49(39)50-40(24-22-38-12-4-6-16-48(38)50)20-18-36-10-8-14-46(34-36)58-52(54)42-27-31-44(56-2)32-28-42/h3-34H,1-2H3/b19-17-,20-18-. The van der Waals surface area contributed by atoms with Crippen molar-refractivity contribution in [2.24, 2.45) is 0 Å². The predicted octanol–water partition coefficient (Wildman–Crippen LogP) is 12.5. The summed E-state index contributed by atoms with van der Waals surface area (Å²) in [7, 11) is 3.17. The number of rotatable bonds is 11. The van der Waals surface area contributed by atoms with Crippen LogP contribution in [0, 0.1) is 0 Å². The van der Waals surface area contributed by atoms with E-state index in [9.17, 15) is 9.59 Å². The fourth-order valence-corrected chi connectivity index (χ4v) is 6.93. The maximum absolute atomic E-state index is 12.9. The van der Waals surface area contributed by atoms with Crippen molar-refractivity contribution in [3.63, 3.8) is 0 Å². The van der Waals surface area contributed by atoms with E-state index in [1.54, 1.807) is 74.9 Å². The minimum atomic E-state index is -0.446. The molecule has 0 unspecified atom stereocenters. The van der Waals surface area contributed by atoms with Gasteiger partial charge in [0.25, 0.3) is 0 Å². The summed E-state index contributed by atoms with van der Waals surface area (Å²) in [4.78, 5) is 25.9. The van der Waals surface area contributed by atoms with Crippen LogP contribution in [0.2, 0.25) is 0 Å². The van der Waals surface area contributed by atoms with Gasteiger partial charge in [0.2, 0.25) is 0 Å². The molecular weight excluding hydrogens is 721 g/mol. The molecule has 0 heterocycles. The third-order valence-electron chi connectivity index (χ3n) is 9.87. The second-order valence-electron chi connectivity index (χ2n) is 13.5. The lowest BCUT2D eigenvalue weighted by Crippen LogP contribution is -2.08. The molecular formula is C52H38O6. The molecule has 0 spiro atoms. The molecule has 8 aromatic carbocycles. The highest BCUT2D eigenvalue weighted by atomic mass is 16.5. The van der Waals surface area contributed by atoms with Gasteiger partial charge in [-0.2, -0.15) is 0 Å². The molecule has 0 atom stereocenters. The Labute approximate surface area is 336 Å². The highest BCUT2D eigenvalue weighted by molar-refractivity contribution is 6.11. The number of hydrogen-bond acceptors (Lipinski definition) is 6. The quantitative estimate of drug-likeness (QED) is 0.0743. The van der Waals surface area contributed by atoms with Crippen molar-refractivity contribution < 1.29 is 28.5 Å². The van der Waals surface area contributed by atoms with E-state index in [2.05, 4.69) is 84.9 Å². The van der Waals surface area contributed by atoms with Gasteiger partial charge in [-0.05, 0) is 128 Å². The average molecular weight is 759 g/mol. The van der Waals surface area contributed by atoms with Crippen LogP contribution in [0.25, 0.3) is 57.0 Å². The first-order chi connectivity index (χ1) is 28.4. The van der Waals surface area contributed by atoms with Gasteiger partial charge in [0.05, 0.1) is 25.3 Å². The number of carbonyl (C=O) groups is 2. The van der Waals surface area contributed by atoms with Crippen LogP contribution in [0.5, 0.6) is 23.0 Å². The molecule has 0 aliphatic carbocycles. The molecule has 0 saturated carbocycles. The van der Waals surface area contributed by atoms with Crippen LogP contribution in [0.15, 0.2) is 170 Å². The summed E-state index contributed by atoms with van der Waals surface area (Å²) in [5.41, 5.74) is 6.86. The number of esters is 2. The first-order valence-corrected chi connectivity index (χ1v) is 18.8. The Morgan fingerprint density at radius 2 is 0.810 bits per heavy atom. The molecule has 0 saturated heterocycles. The van der Waals surface area contributed by atoms with Crippen molar-refractivity contribution in [1.29, 1.82) is 0 Å². The lowest BCUT2D eigenvalue weighted by atomic mass is 9.86. The maximum atomic E-state index is 12.9. The molecule has 0 bridgehead atoms. The summed E-state index contributed by atoms with van der Waals surface area (Å²) in [6.07, 6.45) is 8.31. The van der Waals surface area contributed by atoms with Crippen molar-refractivity contribution in [1.82, 2.24) is 0 Å². The van der Waals surface area contributed by atoms with E-state index >= 15 is 0 Å². The lowest BCUT2D eigenvalue weighted by Gasteiger charge is -2.17. The summed E-state index contributed by atoms with van der Waals surface area (Å²) < 4.78 is 21.9.